The molecule has 1 heterocycles. The molecule has 1 aliphatic carbocycles. The lowest BCUT2D eigenvalue weighted by Crippen LogP contribution is -2.05. The first-order valence-corrected chi connectivity index (χ1v) is 7.58. The molecule has 2 aromatic rings. The lowest BCUT2D eigenvalue weighted by Gasteiger charge is -2.18. The molecular weight excluding hydrogens is 288 g/mol. The first kappa shape index (κ1) is 14.3. The maximum atomic E-state index is 6.35. The second kappa shape index (κ2) is 5.60. The fourth-order valence-electron chi connectivity index (χ4n) is 3.08. The van der Waals surface area contributed by atoms with Crippen molar-refractivity contribution in [3.63, 3.8) is 0 Å². The van der Waals surface area contributed by atoms with Gasteiger partial charge >= 0.3 is 0 Å². The summed E-state index contributed by atoms with van der Waals surface area (Å²) in [5, 5.41) is 4.93. The molecule has 1 N–H and O–H groups in total. The summed E-state index contributed by atoms with van der Waals surface area (Å²) in [5.74, 6) is 1.34. The number of hydrogen-bond acceptors (Lipinski definition) is 4. The van der Waals surface area contributed by atoms with Crippen LogP contribution in [0.25, 0.3) is 10.9 Å². The Labute approximate surface area is 129 Å². The third kappa shape index (κ3) is 2.18. The minimum Gasteiger partial charge on any atom is -0.494 e. The van der Waals surface area contributed by atoms with Gasteiger partial charge in [-0.25, -0.2) is 4.98 Å². The predicted molar refractivity (Wildman–Crippen MR) is 86.0 cm³/mol. The lowest BCUT2D eigenvalue weighted by atomic mass is 10.0. The molecule has 1 aromatic carbocycles. The molecule has 0 atom stereocenters. The van der Waals surface area contributed by atoms with E-state index in [0.717, 1.165) is 48.1 Å². The third-order valence-corrected chi connectivity index (χ3v) is 4.22. The fraction of sp³-hybridized carbons (Fsp3) is 0.438. The van der Waals surface area contributed by atoms with Crippen molar-refractivity contribution in [3.05, 3.63) is 22.3 Å². The molecule has 0 amide bonds. The highest BCUT2D eigenvalue weighted by molar-refractivity contribution is 6.34. The average molecular weight is 307 g/mol. The van der Waals surface area contributed by atoms with E-state index in [4.69, 9.17) is 26.1 Å². The van der Waals surface area contributed by atoms with Crippen molar-refractivity contribution >= 4 is 28.2 Å². The third-order valence-electron chi connectivity index (χ3n) is 3.94. The zero-order valence-electron chi connectivity index (χ0n) is 12.5. The number of anilines is 1. The molecule has 21 heavy (non-hydrogen) atoms. The van der Waals surface area contributed by atoms with Gasteiger partial charge in [-0.1, -0.05) is 11.6 Å². The molecular formula is C16H19ClN2O2. The van der Waals surface area contributed by atoms with E-state index in [0.29, 0.717) is 16.5 Å². The number of methoxy groups -OCH3 is 2. The van der Waals surface area contributed by atoms with Crippen LogP contribution in [0.1, 0.15) is 24.6 Å². The fourth-order valence-corrected chi connectivity index (χ4v) is 3.35. The van der Waals surface area contributed by atoms with Gasteiger partial charge in [-0.05, 0) is 31.7 Å². The lowest BCUT2D eigenvalue weighted by molar-refractivity contribution is 0.410. The largest absolute Gasteiger partial charge is 0.494 e. The number of fused-ring (bicyclic) bond motifs is 2. The van der Waals surface area contributed by atoms with Gasteiger partial charge in [0, 0.05) is 18.3 Å². The van der Waals surface area contributed by atoms with Gasteiger partial charge < -0.3 is 14.8 Å². The Balaban J connectivity index is 2.45. The summed E-state index contributed by atoms with van der Waals surface area (Å²) in [6.45, 7) is 2.92. The summed E-state index contributed by atoms with van der Waals surface area (Å²) in [5.41, 5.74) is 4.34. The minimum atomic E-state index is 0.542. The first-order chi connectivity index (χ1) is 10.2. The Morgan fingerprint density at radius 1 is 1.29 bits per heavy atom. The quantitative estimate of drug-likeness (QED) is 0.932. The molecule has 4 nitrogen and oxygen atoms in total. The van der Waals surface area contributed by atoms with Crippen molar-refractivity contribution in [1.82, 2.24) is 4.98 Å². The number of pyridine rings is 1. The van der Waals surface area contributed by atoms with Crippen LogP contribution in [-0.4, -0.2) is 25.7 Å². The van der Waals surface area contributed by atoms with E-state index in [1.807, 2.05) is 0 Å². The summed E-state index contributed by atoms with van der Waals surface area (Å²) >= 11 is 6.35. The molecule has 0 saturated heterocycles. The summed E-state index contributed by atoms with van der Waals surface area (Å²) in [6.07, 6.45) is 3.19. The van der Waals surface area contributed by atoms with Crippen LogP contribution in [0.4, 0.5) is 5.69 Å². The van der Waals surface area contributed by atoms with Crippen LogP contribution in [0, 0.1) is 0 Å². The van der Waals surface area contributed by atoms with Crippen LogP contribution in [0.15, 0.2) is 6.07 Å². The minimum absolute atomic E-state index is 0.542. The maximum absolute atomic E-state index is 6.35. The van der Waals surface area contributed by atoms with Crippen LogP contribution >= 0.6 is 11.6 Å². The number of aryl methyl sites for hydroxylation is 1. The molecule has 1 aromatic heterocycles. The van der Waals surface area contributed by atoms with Crippen molar-refractivity contribution in [1.29, 1.82) is 0 Å². The molecule has 0 unspecified atom stereocenters. The molecule has 0 saturated carbocycles. The number of halogens is 1. The molecule has 3 rings (SSSR count). The Morgan fingerprint density at radius 3 is 2.76 bits per heavy atom. The zero-order chi connectivity index (χ0) is 15.0. The van der Waals surface area contributed by atoms with Gasteiger partial charge in [0.15, 0.2) is 0 Å². The van der Waals surface area contributed by atoms with E-state index in [2.05, 4.69) is 12.2 Å². The van der Waals surface area contributed by atoms with Gasteiger partial charge in [0.25, 0.3) is 0 Å². The number of hydrogen-bond donors (Lipinski definition) is 1. The monoisotopic (exact) mass is 306 g/mol. The predicted octanol–water partition coefficient (Wildman–Crippen LogP) is 3.83. The van der Waals surface area contributed by atoms with E-state index in [9.17, 15) is 0 Å². The number of nitrogens with one attached hydrogen (secondary N) is 1. The topological polar surface area (TPSA) is 43.4 Å². The van der Waals surface area contributed by atoms with Crippen molar-refractivity contribution in [2.24, 2.45) is 0 Å². The van der Waals surface area contributed by atoms with E-state index in [1.54, 1.807) is 20.3 Å². The summed E-state index contributed by atoms with van der Waals surface area (Å²) in [6, 6.07) is 1.77. The van der Waals surface area contributed by atoms with Gasteiger partial charge in [0.1, 0.15) is 17.0 Å². The van der Waals surface area contributed by atoms with Crippen LogP contribution in [0.5, 0.6) is 11.5 Å². The standard InChI is InChI=1S/C16H19ClN2O2/c1-4-18-14-9-6-5-7-11(9)19-15-12(20-2)8-10(17)16(21-3)13(14)15/h8H,4-7H2,1-3H3,(H,18,19). The highest BCUT2D eigenvalue weighted by Crippen LogP contribution is 2.45. The van der Waals surface area contributed by atoms with Crippen molar-refractivity contribution in [3.8, 4) is 11.5 Å². The van der Waals surface area contributed by atoms with Crippen molar-refractivity contribution < 1.29 is 9.47 Å². The highest BCUT2D eigenvalue weighted by Gasteiger charge is 2.24. The molecule has 112 valence electrons. The number of rotatable bonds is 4. The van der Waals surface area contributed by atoms with E-state index < -0.39 is 0 Å². The molecule has 1 aliphatic rings. The number of benzene rings is 1. The normalized spacial score (nSPS) is 13.3. The number of aromatic nitrogens is 1. The van der Waals surface area contributed by atoms with Crippen LogP contribution in [0.2, 0.25) is 5.02 Å². The van der Waals surface area contributed by atoms with E-state index in [-0.39, 0.29) is 0 Å². The summed E-state index contributed by atoms with van der Waals surface area (Å²) in [7, 11) is 3.27. The van der Waals surface area contributed by atoms with Gasteiger partial charge in [-0.2, -0.15) is 0 Å². The van der Waals surface area contributed by atoms with Gasteiger partial charge in [-0.3, -0.25) is 0 Å². The Hall–Kier alpha value is -1.68. The Bertz CT molecular complexity index is 701. The van der Waals surface area contributed by atoms with Crippen LogP contribution in [0.3, 0.4) is 0 Å². The van der Waals surface area contributed by atoms with Crippen LogP contribution in [-0.2, 0) is 12.8 Å². The molecule has 0 aliphatic heterocycles. The number of ether oxygens (including phenoxy) is 2. The Morgan fingerprint density at radius 2 is 2.10 bits per heavy atom. The van der Waals surface area contributed by atoms with Crippen LogP contribution < -0.4 is 14.8 Å². The van der Waals surface area contributed by atoms with E-state index in [1.165, 1.54) is 5.56 Å². The summed E-state index contributed by atoms with van der Waals surface area (Å²) in [4.78, 5) is 4.82. The highest BCUT2D eigenvalue weighted by atomic mass is 35.5. The number of nitrogens with zero attached hydrogens (tertiary/aromatic N) is 1. The Kier molecular flexibility index (Phi) is 3.81. The molecule has 0 fully saturated rings. The van der Waals surface area contributed by atoms with Crippen molar-refractivity contribution in [2.45, 2.75) is 26.2 Å². The van der Waals surface area contributed by atoms with Gasteiger partial charge in [-0.15, -0.1) is 0 Å². The maximum Gasteiger partial charge on any atom is 0.149 e. The van der Waals surface area contributed by atoms with Gasteiger partial charge in [0.2, 0.25) is 0 Å². The SMILES string of the molecule is CCNc1c2c(nc3c(OC)cc(Cl)c(OC)c13)CCC2. The van der Waals surface area contributed by atoms with Gasteiger partial charge in [0.05, 0.1) is 30.3 Å². The first-order valence-electron chi connectivity index (χ1n) is 7.21. The second-order valence-corrected chi connectivity index (χ2v) is 5.52. The zero-order valence-corrected chi connectivity index (χ0v) is 13.3. The van der Waals surface area contributed by atoms with Crippen molar-refractivity contribution in [2.75, 3.05) is 26.1 Å². The van der Waals surface area contributed by atoms with E-state index >= 15 is 0 Å². The molecule has 0 spiro atoms. The molecule has 0 radical (unpaired) electrons. The summed E-state index contributed by atoms with van der Waals surface area (Å²) < 4.78 is 11.0. The molecule has 5 heteroatoms. The molecule has 0 bridgehead atoms. The smallest absolute Gasteiger partial charge is 0.149 e. The second-order valence-electron chi connectivity index (χ2n) is 5.11. The average Bonchev–Trinajstić information content (AvgIpc) is 2.95.